The number of hydrogen-bond donors (Lipinski definition) is 1. The summed E-state index contributed by atoms with van der Waals surface area (Å²) in [6.07, 6.45) is 8.74. The Morgan fingerprint density at radius 3 is 2.71 bits per heavy atom. The second-order valence-electron chi connectivity index (χ2n) is 5.98. The van der Waals surface area contributed by atoms with Gasteiger partial charge in [0.2, 0.25) is 0 Å². The van der Waals surface area contributed by atoms with Gasteiger partial charge in [0.15, 0.2) is 0 Å². The molecule has 1 saturated carbocycles. The maximum absolute atomic E-state index is 12.3. The van der Waals surface area contributed by atoms with E-state index in [0.29, 0.717) is 6.61 Å². The normalized spacial score (nSPS) is 25.8. The number of ether oxygens (including phenoxy) is 2. The van der Waals surface area contributed by atoms with Gasteiger partial charge in [-0.1, -0.05) is 33.1 Å². The third-order valence-electron chi connectivity index (χ3n) is 4.24. The highest BCUT2D eigenvalue weighted by Crippen LogP contribution is 2.31. The fourth-order valence-electron chi connectivity index (χ4n) is 3.17. The number of hydrogen-bond acceptors (Lipinski definition) is 4. The average molecular weight is 299 g/mol. The van der Waals surface area contributed by atoms with Gasteiger partial charge >= 0.3 is 5.97 Å². The molecule has 4 nitrogen and oxygen atoms in total. The maximum Gasteiger partial charge on any atom is 0.326 e. The van der Waals surface area contributed by atoms with Crippen LogP contribution in [-0.4, -0.2) is 37.4 Å². The zero-order valence-electron chi connectivity index (χ0n) is 14.1. The molecule has 1 aliphatic carbocycles. The molecule has 0 saturated heterocycles. The molecule has 0 spiro atoms. The molecule has 0 radical (unpaired) electrons. The molecule has 1 N–H and O–H groups in total. The molecular weight excluding hydrogens is 266 g/mol. The first-order valence-corrected chi connectivity index (χ1v) is 8.72. The number of esters is 1. The summed E-state index contributed by atoms with van der Waals surface area (Å²) in [4.78, 5) is 12.3. The molecule has 124 valence electrons. The molecule has 1 aliphatic rings. The topological polar surface area (TPSA) is 47.6 Å². The molecule has 0 bridgehead atoms. The van der Waals surface area contributed by atoms with E-state index in [4.69, 9.17) is 9.47 Å². The van der Waals surface area contributed by atoms with Crippen LogP contribution < -0.4 is 5.32 Å². The first-order chi connectivity index (χ1) is 10.2. The van der Waals surface area contributed by atoms with Crippen LogP contribution in [0.5, 0.6) is 0 Å². The third kappa shape index (κ3) is 5.95. The summed E-state index contributed by atoms with van der Waals surface area (Å²) in [5.41, 5.74) is -0.531. The molecule has 2 unspecified atom stereocenters. The van der Waals surface area contributed by atoms with Gasteiger partial charge in [-0.15, -0.1) is 0 Å². The van der Waals surface area contributed by atoms with Crippen molar-refractivity contribution in [2.75, 3.05) is 19.8 Å². The molecule has 2 atom stereocenters. The highest BCUT2D eigenvalue weighted by atomic mass is 16.5. The minimum atomic E-state index is -0.531. The van der Waals surface area contributed by atoms with Crippen molar-refractivity contribution in [3.05, 3.63) is 0 Å². The van der Waals surface area contributed by atoms with Gasteiger partial charge in [0.25, 0.3) is 0 Å². The molecule has 1 rings (SSSR count). The number of likely N-dealkylation sites (N-methyl/N-ethyl adjacent to an activating group) is 1. The Labute approximate surface area is 130 Å². The van der Waals surface area contributed by atoms with Gasteiger partial charge in [-0.3, -0.25) is 4.79 Å². The summed E-state index contributed by atoms with van der Waals surface area (Å²) in [5, 5.41) is 3.37. The van der Waals surface area contributed by atoms with E-state index in [9.17, 15) is 4.79 Å². The Morgan fingerprint density at radius 2 is 2.05 bits per heavy atom. The zero-order valence-corrected chi connectivity index (χ0v) is 14.1. The Kier molecular flexibility index (Phi) is 8.93. The summed E-state index contributed by atoms with van der Waals surface area (Å²) in [5.74, 6) is -0.105. The van der Waals surface area contributed by atoms with Crippen molar-refractivity contribution in [1.29, 1.82) is 0 Å². The van der Waals surface area contributed by atoms with Crippen LogP contribution in [0.2, 0.25) is 0 Å². The van der Waals surface area contributed by atoms with E-state index in [1.54, 1.807) is 0 Å². The lowest BCUT2D eigenvalue weighted by atomic mass is 9.80. The first-order valence-electron chi connectivity index (χ1n) is 8.72. The van der Waals surface area contributed by atoms with E-state index in [-0.39, 0.29) is 12.1 Å². The summed E-state index contributed by atoms with van der Waals surface area (Å²) in [6, 6.07) is 0. The van der Waals surface area contributed by atoms with Gasteiger partial charge in [0.1, 0.15) is 5.54 Å². The Morgan fingerprint density at radius 1 is 1.24 bits per heavy atom. The number of nitrogens with one attached hydrogen (secondary N) is 1. The minimum Gasteiger partial charge on any atom is -0.465 e. The van der Waals surface area contributed by atoms with Crippen LogP contribution in [-0.2, 0) is 14.3 Å². The molecule has 4 heteroatoms. The van der Waals surface area contributed by atoms with Gasteiger partial charge in [0.05, 0.1) is 12.7 Å². The van der Waals surface area contributed by atoms with Gasteiger partial charge in [0, 0.05) is 13.0 Å². The van der Waals surface area contributed by atoms with Gasteiger partial charge in [-0.25, -0.2) is 0 Å². The second kappa shape index (κ2) is 10.2. The Balaban J connectivity index is 2.47. The van der Waals surface area contributed by atoms with Crippen LogP contribution in [0.15, 0.2) is 0 Å². The van der Waals surface area contributed by atoms with Crippen molar-refractivity contribution < 1.29 is 14.3 Å². The highest BCUT2D eigenvalue weighted by Gasteiger charge is 2.43. The van der Waals surface area contributed by atoms with Crippen molar-refractivity contribution in [3.8, 4) is 0 Å². The molecule has 0 heterocycles. The predicted molar refractivity (Wildman–Crippen MR) is 85.4 cm³/mol. The lowest BCUT2D eigenvalue weighted by Gasteiger charge is -2.39. The number of rotatable bonds is 10. The fourth-order valence-corrected chi connectivity index (χ4v) is 3.17. The maximum atomic E-state index is 12.3. The van der Waals surface area contributed by atoms with Crippen LogP contribution >= 0.6 is 0 Å². The molecule has 0 amide bonds. The first kappa shape index (κ1) is 18.4. The fraction of sp³-hybridized carbons (Fsp3) is 0.941. The Hall–Kier alpha value is -0.610. The quantitative estimate of drug-likeness (QED) is 0.496. The molecular formula is C17H33NO3. The molecule has 0 aromatic carbocycles. The van der Waals surface area contributed by atoms with Crippen molar-refractivity contribution >= 4 is 5.97 Å². The van der Waals surface area contributed by atoms with Crippen LogP contribution in [0.25, 0.3) is 0 Å². The predicted octanol–water partition coefficient (Wildman–Crippen LogP) is 3.44. The van der Waals surface area contributed by atoms with E-state index >= 15 is 0 Å². The third-order valence-corrected chi connectivity index (χ3v) is 4.24. The molecule has 0 aliphatic heterocycles. The lowest BCUT2D eigenvalue weighted by molar-refractivity contribution is -0.155. The van der Waals surface area contributed by atoms with E-state index in [2.05, 4.69) is 12.2 Å². The van der Waals surface area contributed by atoms with Crippen molar-refractivity contribution in [3.63, 3.8) is 0 Å². The number of carbonyl (C=O) groups excluding carboxylic acids is 1. The summed E-state index contributed by atoms with van der Waals surface area (Å²) >= 11 is 0. The smallest absolute Gasteiger partial charge is 0.326 e. The largest absolute Gasteiger partial charge is 0.465 e. The van der Waals surface area contributed by atoms with Gasteiger partial charge < -0.3 is 14.8 Å². The van der Waals surface area contributed by atoms with E-state index in [1.807, 2.05) is 13.8 Å². The average Bonchev–Trinajstić information content (AvgIpc) is 2.48. The number of unbranched alkanes of at least 4 members (excludes halogenated alkanes) is 3. The molecule has 0 aromatic heterocycles. The van der Waals surface area contributed by atoms with Crippen LogP contribution in [0, 0.1) is 0 Å². The Bertz CT molecular complexity index is 292. The van der Waals surface area contributed by atoms with E-state index in [0.717, 1.165) is 45.3 Å². The van der Waals surface area contributed by atoms with E-state index < -0.39 is 5.54 Å². The summed E-state index contributed by atoms with van der Waals surface area (Å²) in [6.45, 7) is 8.15. The van der Waals surface area contributed by atoms with E-state index in [1.165, 1.54) is 19.3 Å². The monoisotopic (exact) mass is 299 g/mol. The molecule has 0 aromatic rings. The summed E-state index contributed by atoms with van der Waals surface area (Å²) < 4.78 is 11.3. The molecule has 21 heavy (non-hydrogen) atoms. The highest BCUT2D eigenvalue weighted by molar-refractivity contribution is 5.81. The minimum absolute atomic E-state index is 0.105. The van der Waals surface area contributed by atoms with Crippen LogP contribution in [0.3, 0.4) is 0 Å². The van der Waals surface area contributed by atoms with Crippen molar-refractivity contribution in [1.82, 2.24) is 5.32 Å². The van der Waals surface area contributed by atoms with Crippen LogP contribution in [0.4, 0.5) is 0 Å². The van der Waals surface area contributed by atoms with Gasteiger partial charge in [-0.05, 0) is 39.2 Å². The molecule has 1 fully saturated rings. The SMILES string of the molecule is CCCCCCOC1CCCC(NCC)(C(=O)OCC)C1. The van der Waals surface area contributed by atoms with Crippen molar-refractivity contribution in [2.24, 2.45) is 0 Å². The van der Waals surface area contributed by atoms with Gasteiger partial charge in [-0.2, -0.15) is 0 Å². The second-order valence-corrected chi connectivity index (χ2v) is 5.98. The summed E-state index contributed by atoms with van der Waals surface area (Å²) in [7, 11) is 0. The number of carbonyl (C=O) groups is 1. The zero-order chi connectivity index (χ0) is 15.6. The lowest BCUT2D eigenvalue weighted by Crippen LogP contribution is -2.56. The standard InChI is InChI=1S/C17H33NO3/c1-4-7-8-9-13-21-15-11-10-12-17(14-15,18-5-2)16(19)20-6-3/h15,18H,4-14H2,1-3H3. The van der Waals surface area contributed by atoms with Crippen LogP contribution in [0.1, 0.15) is 72.1 Å². The van der Waals surface area contributed by atoms with Crippen molar-refractivity contribution in [2.45, 2.75) is 83.8 Å².